The summed E-state index contributed by atoms with van der Waals surface area (Å²) in [7, 11) is 0. The maximum atomic E-state index is 10.2. The number of rotatable bonds is 8. The standard InChI is InChI=1S/2C7H9.6C2H5NO.3Al.Ru/c2*1-2-7-5-3-4-6-7;6*1-2(3)4;;;;/h2*3,5H,2,4H2,1H3;6*1H3,(H2,3,4);;;;/q2*-1;;;;;;;4*+2/p-6. The molecular weight excluding hydrogens is 674 g/mol. The maximum absolute atomic E-state index is 10.2. The van der Waals surface area contributed by atoms with E-state index in [0.29, 0.717) is 0 Å². The van der Waals surface area contributed by atoms with Crippen LogP contribution in [0.25, 0.3) is 0 Å². The molecule has 6 amide bonds. The summed E-state index contributed by atoms with van der Waals surface area (Å²) in [6.07, 6.45) is 19.3. The second-order valence-corrected chi connectivity index (χ2v) is 10.6. The molecular formula is C26H42Al3N6O6Ru. The molecule has 229 valence electrons. The number of allylic oxidation sites excluding steroid dienone is 8. The van der Waals surface area contributed by atoms with Gasteiger partial charge in [-0.05, 0) is 0 Å². The van der Waals surface area contributed by atoms with E-state index in [1.54, 1.807) is 0 Å². The maximum Gasteiger partial charge on any atom is 2.00 e. The summed E-state index contributed by atoms with van der Waals surface area (Å²) in [6, 6.07) is 0. The Morgan fingerprint density at radius 1 is 0.548 bits per heavy atom. The summed E-state index contributed by atoms with van der Waals surface area (Å²) in [5.41, 5.74) is 2.72. The third kappa shape index (κ3) is 45.0. The van der Waals surface area contributed by atoms with Gasteiger partial charge in [0.2, 0.25) is 0 Å². The van der Waals surface area contributed by atoms with E-state index in [2.05, 4.69) is 76.1 Å². The molecule has 0 saturated carbocycles. The molecule has 12 nitrogen and oxygen atoms in total. The Morgan fingerprint density at radius 3 is 0.857 bits per heavy atom. The average molecular weight is 717 g/mol. The summed E-state index contributed by atoms with van der Waals surface area (Å²) >= 11 is -1.33. The molecule has 0 fully saturated rings. The van der Waals surface area contributed by atoms with Crippen LogP contribution in [-0.4, -0.2) is 82.4 Å². The Labute approximate surface area is 283 Å². The largest absolute Gasteiger partial charge is 2.00 e. The number of hydrogen-bond donors (Lipinski definition) is 6. The first-order chi connectivity index (χ1) is 19.2. The van der Waals surface area contributed by atoms with Gasteiger partial charge in [-0.1, -0.05) is 26.7 Å². The minimum Gasteiger partial charge on any atom is -0.434 e. The van der Waals surface area contributed by atoms with Crippen LogP contribution in [0, 0.1) is 12.2 Å². The molecule has 2 aliphatic carbocycles. The van der Waals surface area contributed by atoms with Crippen LogP contribution < -0.4 is 25.8 Å². The molecule has 0 aromatic carbocycles. The number of carbonyl (C=O) groups is 6. The van der Waals surface area contributed by atoms with E-state index < -0.39 is 47.0 Å². The van der Waals surface area contributed by atoms with Gasteiger partial charge < -0.3 is 25.8 Å². The molecule has 16 heteroatoms. The molecule has 0 unspecified atom stereocenters. The van der Waals surface area contributed by atoms with E-state index in [9.17, 15) is 28.8 Å². The summed E-state index contributed by atoms with van der Waals surface area (Å²) < 4.78 is 14.9. The van der Waals surface area contributed by atoms with E-state index in [-0.39, 0.29) is 54.9 Å². The zero-order valence-electron chi connectivity index (χ0n) is 25.7. The van der Waals surface area contributed by atoms with Gasteiger partial charge in [-0.15, -0.1) is 12.8 Å². The molecule has 0 aliphatic heterocycles. The predicted molar refractivity (Wildman–Crippen MR) is 162 cm³/mol. The van der Waals surface area contributed by atoms with Crippen molar-refractivity contribution in [2.45, 2.75) is 81.1 Å². The summed E-state index contributed by atoms with van der Waals surface area (Å²) in [5, 5.41) is 0. The van der Waals surface area contributed by atoms with E-state index in [1.165, 1.54) is 52.7 Å². The van der Waals surface area contributed by atoms with Crippen LogP contribution in [0.5, 0.6) is 0 Å². The third-order valence-electron chi connectivity index (χ3n) is 3.95. The van der Waals surface area contributed by atoms with Gasteiger partial charge in [0, 0.05) is 41.5 Å². The van der Waals surface area contributed by atoms with Crippen LogP contribution in [0.3, 0.4) is 0 Å². The molecule has 2 aliphatic rings. The first kappa shape index (κ1) is 46.9. The van der Waals surface area contributed by atoms with Crippen molar-refractivity contribution >= 4 is 82.4 Å². The minimum atomic E-state index is -0.444. The van der Waals surface area contributed by atoms with Crippen LogP contribution >= 0.6 is 0 Å². The molecule has 0 aromatic heterocycles. The Hall–Kier alpha value is -2.00. The van der Waals surface area contributed by atoms with Crippen molar-refractivity contribution in [3.8, 4) is 0 Å². The smallest absolute Gasteiger partial charge is 0.434 e. The molecule has 0 heterocycles. The van der Waals surface area contributed by atoms with E-state index in [1.807, 2.05) is 0 Å². The fourth-order valence-corrected chi connectivity index (χ4v) is 3.54. The molecule has 0 aromatic rings. The van der Waals surface area contributed by atoms with Crippen LogP contribution in [0.1, 0.15) is 81.1 Å². The Bertz CT molecular complexity index is 815. The van der Waals surface area contributed by atoms with Crippen molar-refractivity contribution in [3.63, 3.8) is 0 Å². The van der Waals surface area contributed by atoms with Crippen LogP contribution in [0.15, 0.2) is 35.5 Å². The summed E-state index contributed by atoms with van der Waals surface area (Å²) in [6.45, 7) is 12.8. The molecule has 0 spiro atoms. The molecule has 0 saturated heterocycles. The molecule has 0 atom stereocenters. The van der Waals surface area contributed by atoms with Gasteiger partial charge >= 0.3 is 66.5 Å². The SMILES string of the molecule is CC(=O)[NH][Al][NH]C(C)=O.CC(=O)[NH][Al][NH]C(C)=O.CC(=O)[NH][Al][NH]C(C)=O.CCC1=[C-]CC=C1.CCC1=[C-]CC=C1.[Ru+2]. The minimum absolute atomic E-state index is 0. The fraction of sp³-hybridized carbons (Fsp3) is 0.462. The molecule has 2 rings (SSSR count). The van der Waals surface area contributed by atoms with Crippen molar-refractivity contribution in [2.24, 2.45) is 0 Å². The van der Waals surface area contributed by atoms with Crippen molar-refractivity contribution in [3.05, 3.63) is 47.6 Å². The molecule has 42 heavy (non-hydrogen) atoms. The first-order valence-corrected chi connectivity index (χ1v) is 16.3. The van der Waals surface area contributed by atoms with Crippen LogP contribution in [0.2, 0.25) is 0 Å². The van der Waals surface area contributed by atoms with E-state index in [4.69, 9.17) is 0 Å². The van der Waals surface area contributed by atoms with Gasteiger partial charge in [0.05, 0.1) is 0 Å². The number of hydrogen-bond acceptors (Lipinski definition) is 6. The van der Waals surface area contributed by atoms with Gasteiger partial charge in [-0.2, -0.15) is 12.2 Å². The van der Waals surface area contributed by atoms with Crippen LogP contribution in [0.4, 0.5) is 0 Å². The van der Waals surface area contributed by atoms with E-state index >= 15 is 0 Å². The number of amides is 6. The normalized spacial score (nSPS) is 10.9. The quantitative estimate of drug-likeness (QED) is 0.158. The van der Waals surface area contributed by atoms with Gasteiger partial charge in [-0.3, -0.25) is 40.9 Å². The molecule has 6 N–H and O–H groups in total. The second-order valence-electron chi connectivity index (χ2n) is 7.96. The Kier molecular flexibility index (Phi) is 37.4. The summed E-state index contributed by atoms with van der Waals surface area (Å²) in [4.78, 5) is 61.1. The van der Waals surface area contributed by atoms with Crippen molar-refractivity contribution in [1.82, 2.24) is 25.8 Å². The second kappa shape index (κ2) is 33.5. The van der Waals surface area contributed by atoms with Crippen LogP contribution in [-0.2, 0) is 48.2 Å². The zero-order valence-corrected chi connectivity index (χ0v) is 30.9. The zero-order chi connectivity index (χ0) is 32.1. The van der Waals surface area contributed by atoms with Crippen molar-refractivity contribution in [1.29, 1.82) is 0 Å². The summed E-state index contributed by atoms with van der Waals surface area (Å²) in [5.74, 6) is -0.674. The van der Waals surface area contributed by atoms with Gasteiger partial charge in [0.25, 0.3) is 0 Å². The predicted octanol–water partition coefficient (Wildman–Crippen LogP) is 0.548. The monoisotopic (exact) mass is 717 g/mol. The van der Waals surface area contributed by atoms with Gasteiger partial charge in [0.1, 0.15) is 0 Å². The topological polar surface area (TPSA) is 175 Å². The Morgan fingerprint density at radius 2 is 0.762 bits per heavy atom. The van der Waals surface area contributed by atoms with Gasteiger partial charge in [0.15, 0.2) is 35.4 Å². The van der Waals surface area contributed by atoms with Crippen molar-refractivity contribution < 1.29 is 48.2 Å². The fourth-order valence-electron chi connectivity index (χ4n) is 2.10. The first-order valence-electron chi connectivity index (χ1n) is 12.8. The van der Waals surface area contributed by atoms with Gasteiger partial charge in [-0.25, -0.2) is 23.3 Å². The Balaban J connectivity index is -0.000000214. The molecule has 3 radical (unpaired) electrons. The van der Waals surface area contributed by atoms with Crippen molar-refractivity contribution in [2.75, 3.05) is 0 Å². The number of nitrogens with one attached hydrogen (secondary N) is 6. The third-order valence-corrected chi connectivity index (χ3v) is 7.25. The molecule has 0 bridgehead atoms. The average Bonchev–Trinajstić information content (AvgIpc) is 3.59. The van der Waals surface area contributed by atoms with E-state index in [0.717, 1.165) is 25.7 Å². The number of carbonyl (C=O) groups excluding carboxylic acids is 6.